The summed E-state index contributed by atoms with van der Waals surface area (Å²) >= 11 is 0. The summed E-state index contributed by atoms with van der Waals surface area (Å²) in [7, 11) is -3.76. The molecule has 7 nitrogen and oxygen atoms in total. The summed E-state index contributed by atoms with van der Waals surface area (Å²) in [6, 6.07) is 3.62. The van der Waals surface area contributed by atoms with E-state index in [1.165, 1.54) is 25.3 Å². The zero-order chi connectivity index (χ0) is 22.1. The number of rotatable bonds is 12. The number of ether oxygens (including phenoxy) is 1. The number of hydrogen-bond acceptors (Lipinski definition) is 7. The van der Waals surface area contributed by atoms with Crippen LogP contribution in [0.4, 0.5) is 0 Å². The molecule has 178 valence electrons. The molecule has 1 aliphatic carbocycles. The van der Waals surface area contributed by atoms with Crippen LogP contribution in [-0.2, 0) is 30.7 Å². The monoisotopic (exact) mass is 496 g/mol. The van der Waals surface area contributed by atoms with Gasteiger partial charge in [-0.3, -0.25) is 0 Å². The minimum atomic E-state index is -2.66. The largest absolute Gasteiger partial charge is 0.500 e. The van der Waals surface area contributed by atoms with E-state index >= 15 is 0 Å². The van der Waals surface area contributed by atoms with Crippen LogP contribution in [0.25, 0.3) is 0 Å². The third-order valence-corrected chi connectivity index (χ3v) is 20.8. The summed E-state index contributed by atoms with van der Waals surface area (Å²) in [4.78, 5) is 0. The highest BCUT2D eigenvalue weighted by Gasteiger charge is 2.48. The fourth-order valence-corrected chi connectivity index (χ4v) is 20.2. The Kier molecular flexibility index (Phi) is 11.4. The summed E-state index contributed by atoms with van der Waals surface area (Å²) < 4.78 is 42.9. The molecule has 3 unspecified atom stereocenters. The molecule has 3 atom stereocenters. The molecule has 0 amide bonds. The smallest absolute Gasteiger partial charge is 0.439 e. The first-order chi connectivity index (χ1) is 14.3. The highest BCUT2D eigenvalue weighted by atomic mass is 28.5. The minimum absolute atomic E-state index is 0.704. The van der Waals surface area contributed by atoms with E-state index < -0.39 is 35.0 Å². The van der Waals surface area contributed by atoms with E-state index in [2.05, 4.69) is 19.6 Å². The van der Waals surface area contributed by atoms with Crippen molar-refractivity contribution in [3.8, 4) is 0 Å². The SMILES string of the molecule is CO[Si](CC[Si]1(C)O[SiH](C)CCCCO[Si](C)(CCCOCC2CC2)O1)(OC)OC. The van der Waals surface area contributed by atoms with Gasteiger partial charge in [0.15, 0.2) is 9.04 Å². The molecule has 1 saturated carbocycles. The minimum Gasteiger partial charge on any atom is -0.439 e. The molecule has 0 N–H and O–H groups in total. The van der Waals surface area contributed by atoms with E-state index in [0.29, 0.717) is 6.04 Å². The maximum atomic E-state index is 6.91. The van der Waals surface area contributed by atoms with Crippen molar-refractivity contribution in [2.45, 2.75) is 75.9 Å². The Morgan fingerprint density at radius 2 is 1.70 bits per heavy atom. The highest BCUT2D eigenvalue weighted by Crippen LogP contribution is 2.32. The van der Waals surface area contributed by atoms with Crippen LogP contribution in [0.5, 0.6) is 0 Å². The molecular formula is C19H44O7Si4. The van der Waals surface area contributed by atoms with Gasteiger partial charge >= 0.3 is 25.9 Å². The molecule has 0 aromatic rings. The van der Waals surface area contributed by atoms with Crippen molar-refractivity contribution >= 4 is 35.0 Å². The fourth-order valence-electron chi connectivity index (χ4n) is 4.02. The van der Waals surface area contributed by atoms with Gasteiger partial charge in [0, 0.05) is 47.2 Å². The molecule has 1 saturated heterocycles. The third-order valence-electron chi connectivity index (χ3n) is 6.08. The molecule has 0 aromatic carbocycles. The molecule has 1 heterocycles. The van der Waals surface area contributed by atoms with Gasteiger partial charge < -0.3 is 30.7 Å². The Labute approximate surface area is 188 Å². The lowest BCUT2D eigenvalue weighted by Crippen LogP contribution is -2.55. The quantitative estimate of drug-likeness (QED) is 0.299. The summed E-state index contributed by atoms with van der Waals surface area (Å²) in [6.45, 7) is 9.22. The topological polar surface area (TPSA) is 64.6 Å². The van der Waals surface area contributed by atoms with Gasteiger partial charge in [-0.2, -0.15) is 0 Å². The molecule has 0 aromatic heterocycles. The van der Waals surface area contributed by atoms with Crippen LogP contribution in [0.15, 0.2) is 0 Å². The predicted molar refractivity (Wildman–Crippen MR) is 128 cm³/mol. The van der Waals surface area contributed by atoms with Crippen LogP contribution in [0.1, 0.15) is 32.1 Å². The van der Waals surface area contributed by atoms with Crippen LogP contribution in [0, 0.1) is 5.92 Å². The second kappa shape index (κ2) is 12.7. The lowest BCUT2D eigenvalue weighted by Gasteiger charge is -2.40. The van der Waals surface area contributed by atoms with E-state index in [4.69, 9.17) is 30.7 Å². The molecule has 0 radical (unpaired) electrons. The molecule has 1 aliphatic heterocycles. The molecule has 2 rings (SSSR count). The second-order valence-electron chi connectivity index (χ2n) is 9.06. The van der Waals surface area contributed by atoms with Gasteiger partial charge in [0.05, 0.1) is 0 Å². The molecular weight excluding hydrogens is 453 g/mol. The van der Waals surface area contributed by atoms with E-state index in [1.54, 1.807) is 21.3 Å². The van der Waals surface area contributed by atoms with Crippen molar-refractivity contribution in [3.05, 3.63) is 0 Å². The van der Waals surface area contributed by atoms with Crippen LogP contribution in [-0.4, -0.2) is 76.1 Å². The standard InChI is InChI=1S/C19H44O7Si4/c1-20-30(21-2,22-3)17-16-29(6)25-27(4)14-8-7-13-24-28(5,26-29)15-9-12-23-18-19-10-11-19/h19,27H,7-18H2,1-6H3. The summed E-state index contributed by atoms with van der Waals surface area (Å²) in [6.07, 6.45) is 5.92. The molecule has 11 heteroatoms. The third kappa shape index (κ3) is 9.22. The van der Waals surface area contributed by atoms with E-state index in [0.717, 1.165) is 50.7 Å². The van der Waals surface area contributed by atoms with Crippen LogP contribution < -0.4 is 0 Å². The molecule has 2 aliphatic rings. The first-order valence-electron chi connectivity index (χ1n) is 11.5. The van der Waals surface area contributed by atoms with Crippen molar-refractivity contribution in [2.75, 3.05) is 41.2 Å². The summed E-state index contributed by atoms with van der Waals surface area (Å²) in [5, 5.41) is 0. The van der Waals surface area contributed by atoms with E-state index in [9.17, 15) is 0 Å². The Balaban J connectivity index is 2.01. The normalized spacial score (nSPS) is 31.6. The molecule has 2 fully saturated rings. The van der Waals surface area contributed by atoms with Crippen molar-refractivity contribution < 1.29 is 30.7 Å². The first-order valence-corrected chi connectivity index (χ1v) is 20.9. The average Bonchev–Trinajstić information content (AvgIpc) is 3.53. The molecule has 30 heavy (non-hydrogen) atoms. The van der Waals surface area contributed by atoms with Crippen molar-refractivity contribution in [3.63, 3.8) is 0 Å². The van der Waals surface area contributed by atoms with Gasteiger partial charge in [0.25, 0.3) is 0 Å². The van der Waals surface area contributed by atoms with Gasteiger partial charge in [-0.05, 0) is 69.4 Å². The van der Waals surface area contributed by atoms with Crippen molar-refractivity contribution in [1.82, 2.24) is 0 Å². The van der Waals surface area contributed by atoms with Crippen LogP contribution >= 0.6 is 0 Å². The number of hydrogen-bond donors (Lipinski definition) is 0. The fraction of sp³-hybridized carbons (Fsp3) is 1.00. The maximum absolute atomic E-state index is 6.91. The van der Waals surface area contributed by atoms with Crippen molar-refractivity contribution in [1.29, 1.82) is 0 Å². The Bertz CT molecular complexity index is 487. The zero-order valence-corrected chi connectivity index (χ0v) is 24.2. The summed E-state index contributed by atoms with van der Waals surface area (Å²) in [5.41, 5.74) is 0. The molecule has 0 spiro atoms. The summed E-state index contributed by atoms with van der Waals surface area (Å²) in [5.74, 6) is 0.807. The highest BCUT2D eigenvalue weighted by molar-refractivity contribution is 6.84. The first kappa shape index (κ1) is 26.8. The zero-order valence-electron chi connectivity index (χ0n) is 20.0. The maximum Gasteiger partial charge on any atom is 0.500 e. The molecule has 0 bridgehead atoms. The Hall–Kier alpha value is 0.588. The van der Waals surface area contributed by atoms with Crippen LogP contribution in [0.3, 0.4) is 0 Å². The van der Waals surface area contributed by atoms with Gasteiger partial charge in [0.1, 0.15) is 0 Å². The predicted octanol–water partition coefficient (Wildman–Crippen LogP) is 4.02. The van der Waals surface area contributed by atoms with E-state index in [1.807, 2.05) is 0 Å². The van der Waals surface area contributed by atoms with Crippen molar-refractivity contribution in [2.24, 2.45) is 5.92 Å². The lowest BCUT2D eigenvalue weighted by molar-refractivity contribution is 0.121. The van der Waals surface area contributed by atoms with Gasteiger partial charge in [-0.1, -0.05) is 6.42 Å². The van der Waals surface area contributed by atoms with Gasteiger partial charge in [-0.15, -0.1) is 0 Å². The van der Waals surface area contributed by atoms with Gasteiger partial charge in [0.2, 0.25) is 0 Å². The van der Waals surface area contributed by atoms with Gasteiger partial charge in [-0.25, -0.2) is 0 Å². The second-order valence-corrected chi connectivity index (χ2v) is 21.9. The average molecular weight is 497 g/mol. The lowest BCUT2D eigenvalue weighted by atomic mass is 10.4. The van der Waals surface area contributed by atoms with E-state index in [-0.39, 0.29) is 0 Å². The van der Waals surface area contributed by atoms with Crippen LogP contribution in [0.2, 0.25) is 43.8 Å². The Morgan fingerprint density at radius 3 is 2.33 bits per heavy atom. The Morgan fingerprint density at radius 1 is 1.00 bits per heavy atom.